The van der Waals surface area contributed by atoms with Gasteiger partial charge in [0.1, 0.15) is 33.8 Å². The van der Waals surface area contributed by atoms with Gasteiger partial charge < -0.3 is 62.3 Å². The number of nitrogens with one attached hydrogen (secondary N) is 10. The van der Waals surface area contributed by atoms with Crippen LogP contribution < -0.4 is 83.6 Å². The summed E-state index contributed by atoms with van der Waals surface area (Å²) in [5, 5.41) is 27.9. The number of para-hydroxylation sites is 2. The van der Waals surface area contributed by atoms with Crippen LogP contribution in [-0.2, 0) is 54.5 Å². The molecule has 2 aliphatic heterocycles. The van der Waals surface area contributed by atoms with Gasteiger partial charge in [-0.25, -0.2) is 9.59 Å². The molecule has 30 heteroatoms. The Morgan fingerprint density at radius 3 is 0.929 bits per heavy atom. The number of aromatic nitrogens is 6. The van der Waals surface area contributed by atoms with Crippen molar-refractivity contribution in [2.24, 2.45) is 10.8 Å². The number of fused-ring (bicyclic) bond motifs is 8. The van der Waals surface area contributed by atoms with Gasteiger partial charge in [-0.1, -0.05) is 155 Å². The molecule has 0 radical (unpaired) electrons. The molecule has 6 aromatic rings. The Hall–Kier alpha value is -10.9. The van der Waals surface area contributed by atoms with E-state index in [4.69, 9.17) is 40.4 Å². The van der Waals surface area contributed by atoms with Crippen LogP contribution in [0.3, 0.4) is 0 Å². The molecule has 4 heterocycles. The second kappa shape index (κ2) is 43.0. The average Bonchev–Trinajstić information content (AvgIpc) is 0.805. The topological polar surface area (TPSA) is 423 Å². The van der Waals surface area contributed by atoms with Crippen LogP contribution >= 0.6 is 0 Å². The number of anilines is 8. The van der Waals surface area contributed by atoms with Crippen molar-refractivity contribution < 1.29 is 57.3 Å². The number of nitrogens with two attached hydrogens (primary N) is 2. The minimum absolute atomic E-state index is 0.0629. The van der Waals surface area contributed by atoms with E-state index < -0.39 is 58.3 Å². The van der Waals surface area contributed by atoms with Crippen LogP contribution in [0.15, 0.2) is 60.7 Å². The normalized spacial score (nSPS) is 14.2. The maximum Gasteiger partial charge on any atom is 0.328 e. The zero-order valence-electron chi connectivity index (χ0n) is 66.0. The third-order valence-corrected chi connectivity index (χ3v) is 20.2. The molecule has 0 saturated carbocycles. The summed E-state index contributed by atoms with van der Waals surface area (Å²) in [5.41, 5.74) is 18.7. The number of carbonyl (C=O) groups is 8. The van der Waals surface area contributed by atoms with Crippen molar-refractivity contribution >= 4 is 94.6 Å². The quantitative estimate of drug-likeness (QED) is 0.0125. The smallest absolute Gasteiger partial charge is 0.328 e. The van der Waals surface area contributed by atoms with Gasteiger partial charge in [0.25, 0.3) is 0 Å². The molecule has 112 heavy (non-hydrogen) atoms. The molecule has 9 rings (SSSR count). The number of urea groups is 2. The van der Waals surface area contributed by atoms with Gasteiger partial charge in [-0.05, 0) is 111 Å². The summed E-state index contributed by atoms with van der Waals surface area (Å²) in [6, 6.07) is 19.3. The van der Waals surface area contributed by atoms with Crippen LogP contribution in [0.25, 0.3) is 0 Å². The Labute approximate surface area is 656 Å². The summed E-state index contributed by atoms with van der Waals surface area (Å²) >= 11 is 0. The molecule has 2 saturated heterocycles. The van der Waals surface area contributed by atoms with E-state index in [0.29, 0.717) is 90.2 Å². The van der Waals surface area contributed by atoms with Gasteiger partial charge in [-0.3, -0.25) is 50.0 Å². The first-order valence-electron chi connectivity index (χ1n) is 40.3. The van der Waals surface area contributed by atoms with E-state index in [1.54, 1.807) is 13.8 Å². The SMILES string of the molecule is CCCOc1c2cccc1Cc1cc(Nc3nc(N)nc(NCCCCCCCCCCNC(=O)CC4(CC)C(=O)NC(=O)NC4=O)n3)cc(c1OCCC)Cc1cccc(c1OCCC)Cc1cc(Nc3nc(N)nc(NCCCCCCCCCCNC(=O)CC4(CC)C(=O)NC(=O)NC4=O)n3)cc(c1OCCC)C2. The molecule has 1 aliphatic carbocycles. The zero-order chi connectivity index (χ0) is 79.8. The second-order valence-corrected chi connectivity index (χ2v) is 29.0. The largest absolute Gasteiger partial charge is 0.493 e. The Bertz CT molecular complexity index is 3840. The minimum Gasteiger partial charge on any atom is -0.493 e. The van der Waals surface area contributed by atoms with E-state index in [-0.39, 0.29) is 49.5 Å². The highest BCUT2D eigenvalue weighted by Gasteiger charge is 2.51. The van der Waals surface area contributed by atoms with Crippen LogP contribution in [0.1, 0.15) is 240 Å². The van der Waals surface area contributed by atoms with Gasteiger partial charge in [0.05, 0.1) is 26.4 Å². The summed E-state index contributed by atoms with van der Waals surface area (Å²) in [6.45, 7) is 15.7. The number of rotatable bonds is 46. The molecule has 14 N–H and O–H groups in total. The molecule has 3 aliphatic rings. The number of hydrogen-bond acceptors (Lipinski definition) is 24. The van der Waals surface area contributed by atoms with Gasteiger partial charge in [-0.15, -0.1) is 0 Å². The van der Waals surface area contributed by atoms with Crippen LogP contribution in [0.5, 0.6) is 23.0 Å². The third kappa shape index (κ3) is 24.0. The highest BCUT2D eigenvalue weighted by atomic mass is 16.5. The van der Waals surface area contributed by atoms with Crippen LogP contribution in [0, 0.1) is 10.8 Å². The molecular formula is C82H114N18O12. The number of imide groups is 4. The van der Waals surface area contributed by atoms with Crippen molar-refractivity contribution in [1.29, 1.82) is 0 Å². The van der Waals surface area contributed by atoms with E-state index in [0.717, 1.165) is 207 Å². The molecular weight excluding hydrogens is 1430 g/mol. The minimum atomic E-state index is -1.60. The van der Waals surface area contributed by atoms with E-state index in [1.165, 1.54) is 0 Å². The molecule has 10 amide bonds. The summed E-state index contributed by atoms with van der Waals surface area (Å²) in [5.74, 6) is 0.677. The summed E-state index contributed by atoms with van der Waals surface area (Å²) < 4.78 is 27.5. The zero-order valence-corrected chi connectivity index (χ0v) is 66.0. The van der Waals surface area contributed by atoms with E-state index in [2.05, 4.69) is 161 Å². The molecule has 0 atom stereocenters. The fourth-order valence-electron chi connectivity index (χ4n) is 14.2. The number of hydrogen-bond donors (Lipinski definition) is 12. The van der Waals surface area contributed by atoms with Crippen molar-refractivity contribution in [2.75, 3.05) is 85.3 Å². The second-order valence-electron chi connectivity index (χ2n) is 29.0. The lowest BCUT2D eigenvalue weighted by Gasteiger charge is -2.32. The fourth-order valence-corrected chi connectivity index (χ4v) is 14.2. The number of barbiturate groups is 2. The fraction of sp³-hybridized carbons (Fsp3) is 0.537. The lowest BCUT2D eigenvalue weighted by atomic mass is 9.78. The Morgan fingerprint density at radius 2 is 0.643 bits per heavy atom. The number of carbonyl (C=O) groups excluding carboxylic acids is 8. The van der Waals surface area contributed by atoms with E-state index in [9.17, 15) is 38.4 Å². The number of ether oxygens (including phenoxy) is 4. The first-order chi connectivity index (χ1) is 54.3. The Balaban J connectivity index is 0.857. The first-order valence-corrected chi connectivity index (χ1v) is 40.3. The Kier molecular flexibility index (Phi) is 32.7. The number of nitrogen functional groups attached to an aromatic ring is 2. The average molecular weight is 1540 g/mol. The molecule has 4 aromatic carbocycles. The molecule has 2 aromatic heterocycles. The molecule has 2 fully saturated rings. The number of nitrogens with zero attached hydrogens (tertiary/aromatic N) is 6. The molecule has 0 unspecified atom stereocenters. The van der Waals surface area contributed by atoms with Gasteiger partial charge >= 0.3 is 12.1 Å². The number of unbranched alkanes of at least 4 members (excludes halogenated alkanes) is 14. The lowest BCUT2D eigenvalue weighted by Crippen LogP contribution is -2.63. The van der Waals surface area contributed by atoms with Gasteiger partial charge in [0.15, 0.2) is 0 Å². The van der Waals surface area contributed by atoms with Crippen molar-refractivity contribution in [2.45, 2.75) is 221 Å². The van der Waals surface area contributed by atoms with Crippen molar-refractivity contribution in [3.63, 3.8) is 0 Å². The van der Waals surface area contributed by atoms with Gasteiger partial charge in [0, 0.05) is 98.3 Å². The van der Waals surface area contributed by atoms with Crippen molar-refractivity contribution in [3.8, 4) is 23.0 Å². The monoisotopic (exact) mass is 1540 g/mol. The summed E-state index contributed by atoms with van der Waals surface area (Å²) in [4.78, 5) is 126. The van der Waals surface area contributed by atoms with Crippen LogP contribution in [0.4, 0.5) is 56.7 Å². The first kappa shape index (κ1) is 85.1. The molecule has 0 spiro atoms. The lowest BCUT2D eigenvalue weighted by molar-refractivity contribution is -0.149. The standard InChI is InChI=1S/C82H114N18O12/c1-7-39-109-65-53-31-29-32-54(65)44-58-48-62(90-78-98-74(84)96-76(100-78)88-38-28-24-20-16-14-18-22-26-36-86-64(102)52-82(12-6)71(105)93-80(108)94-72(82)106)50-60(68(58)112-42-10-4)46-56-34-30-33-55(66(56)110-40-8-2)45-59-49-61(47-57(43-53)67(59)111-41-9-3)89-77-97-73(83)95-75(99-77)87-37-27-23-19-15-13-17-21-25-35-85-63(101)51-81(11-5)69(103)91-79(107)92-70(81)104/h29-34,47-50H,7-28,35-46,51-52H2,1-6H3,(H,85,101)(H,86,102)(H2,91,92,103,104,107)(H2,93,94,105,106,108)(H4,83,87,89,95,97,99)(H4,84,88,90,96,98,100). The number of benzene rings is 4. The van der Waals surface area contributed by atoms with Gasteiger partial charge in [-0.2, -0.15) is 29.9 Å². The third-order valence-electron chi connectivity index (χ3n) is 20.2. The molecule has 604 valence electrons. The van der Waals surface area contributed by atoms with Crippen molar-refractivity contribution in [3.05, 3.63) is 105 Å². The maximum absolute atomic E-state index is 12.7. The summed E-state index contributed by atoms with van der Waals surface area (Å²) in [6.07, 6.45) is 19.9. The molecule has 30 nitrogen and oxygen atoms in total. The Morgan fingerprint density at radius 1 is 0.375 bits per heavy atom. The predicted molar refractivity (Wildman–Crippen MR) is 430 cm³/mol. The highest BCUT2D eigenvalue weighted by molar-refractivity contribution is 6.21. The maximum atomic E-state index is 12.7. The molecule has 8 bridgehead atoms. The highest BCUT2D eigenvalue weighted by Crippen LogP contribution is 2.42. The van der Waals surface area contributed by atoms with Crippen LogP contribution in [0.2, 0.25) is 0 Å². The van der Waals surface area contributed by atoms with Crippen LogP contribution in [-0.4, -0.2) is 130 Å². The van der Waals surface area contributed by atoms with Gasteiger partial charge in [0.2, 0.25) is 71.1 Å². The van der Waals surface area contributed by atoms with E-state index in [1.807, 2.05) is 0 Å². The number of amides is 10. The van der Waals surface area contributed by atoms with E-state index >= 15 is 0 Å². The predicted octanol–water partition coefficient (Wildman–Crippen LogP) is 12.1. The van der Waals surface area contributed by atoms with Crippen molar-refractivity contribution in [1.82, 2.24) is 61.8 Å². The summed E-state index contributed by atoms with van der Waals surface area (Å²) in [7, 11) is 0.